The Hall–Kier alpha value is -1.55. The van der Waals surface area contributed by atoms with Crippen LogP contribution in [0.5, 0.6) is 0 Å². The second-order valence-corrected chi connectivity index (χ2v) is 6.03. The van der Waals surface area contributed by atoms with Gasteiger partial charge in [0.2, 0.25) is 0 Å². The number of nitrogens with two attached hydrogens (primary N) is 1. The lowest BCUT2D eigenvalue weighted by atomic mass is 10.1. The minimum atomic E-state index is 0.0872. The molecule has 0 radical (unpaired) electrons. The van der Waals surface area contributed by atoms with Crippen molar-refractivity contribution in [1.82, 2.24) is 9.80 Å². The van der Waals surface area contributed by atoms with E-state index in [0.29, 0.717) is 17.3 Å². The van der Waals surface area contributed by atoms with Gasteiger partial charge in [0.05, 0.1) is 5.56 Å². The largest absolute Gasteiger partial charge is 0.398 e. The van der Waals surface area contributed by atoms with Crippen molar-refractivity contribution in [2.75, 3.05) is 31.9 Å². The quantitative estimate of drug-likeness (QED) is 0.837. The summed E-state index contributed by atoms with van der Waals surface area (Å²) in [6, 6.07) is 6.24. The first-order valence-corrected chi connectivity index (χ1v) is 7.54. The van der Waals surface area contributed by atoms with Crippen LogP contribution in [0.1, 0.15) is 35.2 Å². The van der Waals surface area contributed by atoms with Crippen LogP contribution in [-0.4, -0.2) is 47.9 Å². The SMILES string of the molecule is Cc1ccc(C(=O)N2CCC(N3CCCC3)C2)c(N)c1. The van der Waals surface area contributed by atoms with Crippen LogP contribution in [0.3, 0.4) is 0 Å². The summed E-state index contributed by atoms with van der Waals surface area (Å²) in [6.45, 7) is 6.09. The Labute approximate surface area is 120 Å². The highest BCUT2D eigenvalue weighted by molar-refractivity contribution is 5.99. The zero-order valence-electron chi connectivity index (χ0n) is 12.1. The van der Waals surface area contributed by atoms with E-state index in [1.54, 1.807) is 0 Å². The van der Waals surface area contributed by atoms with Gasteiger partial charge >= 0.3 is 0 Å². The second kappa shape index (κ2) is 5.44. The summed E-state index contributed by atoms with van der Waals surface area (Å²) in [5.41, 5.74) is 8.33. The van der Waals surface area contributed by atoms with E-state index in [4.69, 9.17) is 5.73 Å². The van der Waals surface area contributed by atoms with Gasteiger partial charge in [-0.1, -0.05) is 6.07 Å². The molecule has 4 heteroatoms. The Morgan fingerprint density at radius 2 is 2.00 bits per heavy atom. The zero-order valence-corrected chi connectivity index (χ0v) is 12.1. The molecular formula is C16H23N3O. The smallest absolute Gasteiger partial charge is 0.255 e. The topological polar surface area (TPSA) is 49.6 Å². The molecule has 1 aromatic rings. The van der Waals surface area contributed by atoms with Gasteiger partial charge in [-0.25, -0.2) is 0 Å². The number of rotatable bonds is 2. The fourth-order valence-electron chi connectivity index (χ4n) is 3.38. The highest BCUT2D eigenvalue weighted by Gasteiger charge is 2.32. The number of aryl methyl sites for hydroxylation is 1. The second-order valence-electron chi connectivity index (χ2n) is 6.03. The van der Waals surface area contributed by atoms with Crippen LogP contribution in [0.4, 0.5) is 5.69 Å². The maximum Gasteiger partial charge on any atom is 0.255 e. The number of carbonyl (C=O) groups is 1. The molecule has 2 fully saturated rings. The average Bonchev–Trinajstić information content (AvgIpc) is 3.09. The molecule has 0 saturated carbocycles. The maximum absolute atomic E-state index is 12.6. The molecule has 4 nitrogen and oxygen atoms in total. The summed E-state index contributed by atoms with van der Waals surface area (Å²) < 4.78 is 0. The number of likely N-dealkylation sites (tertiary alicyclic amines) is 2. The van der Waals surface area contributed by atoms with Gasteiger partial charge in [-0.05, 0) is 57.0 Å². The van der Waals surface area contributed by atoms with Gasteiger partial charge in [0.1, 0.15) is 0 Å². The van der Waals surface area contributed by atoms with Gasteiger partial charge in [0, 0.05) is 24.8 Å². The predicted molar refractivity (Wildman–Crippen MR) is 80.7 cm³/mol. The molecule has 1 unspecified atom stereocenters. The van der Waals surface area contributed by atoms with Crippen molar-refractivity contribution in [3.8, 4) is 0 Å². The third-order valence-corrected chi connectivity index (χ3v) is 4.55. The van der Waals surface area contributed by atoms with E-state index in [0.717, 1.165) is 25.1 Å². The first kappa shape index (κ1) is 13.4. The van der Waals surface area contributed by atoms with Crippen LogP contribution < -0.4 is 5.73 Å². The summed E-state index contributed by atoms with van der Waals surface area (Å²) in [5, 5.41) is 0. The minimum Gasteiger partial charge on any atom is -0.398 e. The van der Waals surface area contributed by atoms with Gasteiger partial charge in [0.15, 0.2) is 0 Å². The van der Waals surface area contributed by atoms with Crippen LogP contribution in [0, 0.1) is 6.92 Å². The van der Waals surface area contributed by atoms with Crippen molar-refractivity contribution >= 4 is 11.6 Å². The Kier molecular flexibility index (Phi) is 3.66. The molecule has 0 bridgehead atoms. The number of nitrogen functional groups attached to an aromatic ring is 1. The fourth-order valence-corrected chi connectivity index (χ4v) is 3.38. The molecule has 20 heavy (non-hydrogen) atoms. The Balaban J connectivity index is 1.69. The molecule has 1 amide bonds. The van der Waals surface area contributed by atoms with Crippen LogP contribution in [0.15, 0.2) is 18.2 Å². The predicted octanol–water partition coefficient (Wildman–Crippen LogP) is 1.89. The standard InChI is InChI=1S/C16H23N3O/c1-12-4-5-14(15(17)10-12)16(20)19-9-6-13(11-19)18-7-2-3-8-18/h4-5,10,13H,2-3,6-9,11,17H2,1H3. The third-order valence-electron chi connectivity index (χ3n) is 4.55. The molecule has 1 atom stereocenters. The number of hydrogen-bond donors (Lipinski definition) is 1. The van der Waals surface area contributed by atoms with Gasteiger partial charge < -0.3 is 10.6 Å². The van der Waals surface area contributed by atoms with Crippen LogP contribution >= 0.6 is 0 Å². The van der Waals surface area contributed by atoms with Crippen molar-refractivity contribution < 1.29 is 4.79 Å². The molecule has 3 rings (SSSR count). The lowest BCUT2D eigenvalue weighted by Gasteiger charge is -2.24. The maximum atomic E-state index is 12.6. The monoisotopic (exact) mass is 273 g/mol. The number of nitrogens with zero attached hydrogens (tertiary/aromatic N) is 2. The Morgan fingerprint density at radius 1 is 1.25 bits per heavy atom. The van der Waals surface area contributed by atoms with Gasteiger partial charge in [0.25, 0.3) is 5.91 Å². The highest BCUT2D eigenvalue weighted by atomic mass is 16.2. The van der Waals surface area contributed by atoms with Crippen LogP contribution in [-0.2, 0) is 0 Å². The molecular weight excluding hydrogens is 250 g/mol. The van der Waals surface area contributed by atoms with E-state index >= 15 is 0 Å². The highest BCUT2D eigenvalue weighted by Crippen LogP contribution is 2.23. The van der Waals surface area contributed by atoms with Crippen LogP contribution in [0.2, 0.25) is 0 Å². The molecule has 2 N–H and O–H groups in total. The van der Waals surface area contributed by atoms with E-state index in [2.05, 4.69) is 4.90 Å². The van der Waals surface area contributed by atoms with Crippen molar-refractivity contribution in [3.63, 3.8) is 0 Å². The summed E-state index contributed by atoms with van der Waals surface area (Å²) >= 11 is 0. The fraction of sp³-hybridized carbons (Fsp3) is 0.562. The molecule has 2 heterocycles. The lowest BCUT2D eigenvalue weighted by molar-refractivity contribution is 0.0781. The van der Waals surface area contributed by atoms with Gasteiger partial charge in [-0.3, -0.25) is 9.69 Å². The summed E-state index contributed by atoms with van der Waals surface area (Å²) in [7, 11) is 0. The normalized spacial score (nSPS) is 23.4. The van der Waals surface area contributed by atoms with Crippen LogP contribution in [0.25, 0.3) is 0 Å². The molecule has 0 aromatic heterocycles. The Morgan fingerprint density at radius 3 is 2.70 bits per heavy atom. The van der Waals surface area contributed by atoms with Crippen molar-refractivity contribution in [2.24, 2.45) is 0 Å². The Bertz CT molecular complexity index is 508. The van der Waals surface area contributed by atoms with E-state index in [1.807, 2.05) is 30.0 Å². The first-order chi connectivity index (χ1) is 9.65. The van der Waals surface area contributed by atoms with E-state index < -0.39 is 0 Å². The van der Waals surface area contributed by atoms with Crippen molar-refractivity contribution in [1.29, 1.82) is 0 Å². The number of hydrogen-bond acceptors (Lipinski definition) is 3. The van der Waals surface area contributed by atoms with Gasteiger partial charge in [-0.2, -0.15) is 0 Å². The zero-order chi connectivity index (χ0) is 14.1. The van der Waals surface area contributed by atoms with Gasteiger partial charge in [-0.15, -0.1) is 0 Å². The summed E-state index contributed by atoms with van der Waals surface area (Å²) in [6.07, 6.45) is 3.70. The number of anilines is 1. The number of benzene rings is 1. The minimum absolute atomic E-state index is 0.0872. The lowest BCUT2D eigenvalue weighted by Crippen LogP contribution is -2.37. The molecule has 1 aromatic carbocycles. The molecule has 108 valence electrons. The third kappa shape index (κ3) is 2.52. The molecule has 2 saturated heterocycles. The number of amides is 1. The number of carbonyl (C=O) groups excluding carboxylic acids is 1. The van der Waals surface area contributed by atoms with Crippen molar-refractivity contribution in [3.05, 3.63) is 29.3 Å². The summed E-state index contributed by atoms with van der Waals surface area (Å²) in [4.78, 5) is 17.1. The molecule has 2 aliphatic rings. The molecule has 0 aliphatic carbocycles. The van der Waals surface area contributed by atoms with E-state index in [1.165, 1.54) is 25.9 Å². The molecule has 0 spiro atoms. The van der Waals surface area contributed by atoms with E-state index in [9.17, 15) is 4.79 Å². The van der Waals surface area contributed by atoms with Crippen molar-refractivity contribution in [2.45, 2.75) is 32.2 Å². The van der Waals surface area contributed by atoms with E-state index in [-0.39, 0.29) is 5.91 Å². The summed E-state index contributed by atoms with van der Waals surface area (Å²) in [5.74, 6) is 0.0872. The molecule has 2 aliphatic heterocycles. The average molecular weight is 273 g/mol. The first-order valence-electron chi connectivity index (χ1n) is 7.54.